The van der Waals surface area contributed by atoms with Crippen LogP contribution >= 0.6 is 0 Å². The van der Waals surface area contributed by atoms with Crippen LogP contribution in [-0.2, 0) is 26.7 Å². The summed E-state index contributed by atoms with van der Waals surface area (Å²) in [4.78, 5) is 33.4. The number of fused-ring (bicyclic) bond motifs is 3. The molecule has 0 N–H and O–H groups in total. The monoisotopic (exact) mass is 433 g/mol. The Labute approximate surface area is 184 Å². The van der Waals surface area contributed by atoms with Gasteiger partial charge in [0.15, 0.2) is 11.2 Å². The molecule has 3 heterocycles. The third kappa shape index (κ3) is 3.41. The Balaban J connectivity index is 1.65. The highest BCUT2D eigenvalue weighted by molar-refractivity contribution is 5.75. The van der Waals surface area contributed by atoms with Crippen LogP contribution in [0.25, 0.3) is 11.2 Å². The van der Waals surface area contributed by atoms with Crippen molar-refractivity contribution in [2.75, 3.05) is 11.4 Å². The molecule has 4 aromatic rings. The molecule has 0 spiro atoms. The average Bonchev–Trinajstić information content (AvgIpc) is 3.17. The SMILES string of the molecule is C[C@@H]1CN(Cc2ccccc2)c2nc3c(c(=O)n(Cc4ccc(F)cc4)c(=O)n3C)n2C1. The summed E-state index contributed by atoms with van der Waals surface area (Å²) in [7, 11) is 1.63. The lowest BCUT2D eigenvalue weighted by Gasteiger charge is -2.33. The van der Waals surface area contributed by atoms with Crippen LogP contribution in [0.3, 0.4) is 0 Å². The van der Waals surface area contributed by atoms with Crippen LogP contribution in [0.15, 0.2) is 64.2 Å². The number of nitrogens with zero attached hydrogens (tertiary/aromatic N) is 5. The molecule has 0 fully saturated rings. The Morgan fingerprint density at radius 3 is 2.38 bits per heavy atom. The molecule has 7 nitrogen and oxygen atoms in total. The van der Waals surface area contributed by atoms with E-state index in [9.17, 15) is 14.0 Å². The maximum absolute atomic E-state index is 13.5. The maximum Gasteiger partial charge on any atom is 0.332 e. The average molecular weight is 433 g/mol. The number of anilines is 1. The summed E-state index contributed by atoms with van der Waals surface area (Å²) in [5.74, 6) is 0.654. The maximum atomic E-state index is 13.5. The molecular weight excluding hydrogens is 409 g/mol. The summed E-state index contributed by atoms with van der Waals surface area (Å²) in [6, 6.07) is 15.9. The number of aryl methyl sites for hydroxylation is 1. The lowest BCUT2D eigenvalue weighted by Crippen LogP contribution is -2.41. The van der Waals surface area contributed by atoms with E-state index >= 15 is 0 Å². The van der Waals surface area contributed by atoms with Crippen molar-refractivity contribution in [3.63, 3.8) is 0 Å². The Morgan fingerprint density at radius 1 is 0.969 bits per heavy atom. The van der Waals surface area contributed by atoms with Crippen LogP contribution in [0.5, 0.6) is 0 Å². The minimum absolute atomic E-state index is 0.0749. The highest BCUT2D eigenvalue weighted by Crippen LogP contribution is 2.28. The standard InChI is InChI=1S/C24H24FN5O2/c1-16-12-28(14-17-6-4-3-5-7-17)23-26-21-20(29(23)13-16)22(31)30(24(32)27(21)2)15-18-8-10-19(25)11-9-18/h3-11,16H,12-15H2,1-2H3/t16-/m1/s1. The fraction of sp³-hybridized carbons (Fsp3) is 0.292. The largest absolute Gasteiger partial charge is 0.338 e. The molecule has 0 amide bonds. The zero-order valence-electron chi connectivity index (χ0n) is 18.0. The zero-order valence-corrected chi connectivity index (χ0v) is 18.0. The van der Waals surface area contributed by atoms with Gasteiger partial charge in [-0.2, -0.15) is 4.98 Å². The highest BCUT2D eigenvalue weighted by Gasteiger charge is 2.29. The summed E-state index contributed by atoms with van der Waals surface area (Å²) < 4.78 is 17.8. The number of imidazole rings is 1. The molecule has 164 valence electrons. The van der Waals surface area contributed by atoms with Crippen molar-refractivity contribution in [1.29, 1.82) is 0 Å². The summed E-state index contributed by atoms with van der Waals surface area (Å²) >= 11 is 0. The van der Waals surface area contributed by atoms with Crippen LogP contribution in [0, 0.1) is 11.7 Å². The number of hydrogen-bond donors (Lipinski definition) is 0. The molecule has 0 aliphatic carbocycles. The van der Waals surface area contributed by atoms with Gasteiger partial charge >= 0.3 is 5.69 Å². The fourth-order valence-electron chi connectivity index (χ4n) is 4.45. The van der Waals surface area contributed by atoms with E-state index in [1.54, 1.807) is 19.2 Å². The van der Waals surface area contributed by atoms with Gasteiger partial charge in [-0.3, -0.25) is 13.9 Å². The molecule has 1 atom stereocenters. The third-order valence-corrected chi connectivity index (χ3v) is 5.99. The van der Waals surface area contributed by atoms with Crippen LogP contribution in [0.2, 0.25) is 0 Å². The predicted octanol–water partition coefficient (Wildman–Crippen LogP) is 2.74. The van der Waals surface area contributed by atoms with Gasteiger partial charge in [0.05, 0.1) is 6.54 Å². The van der Waals surface area contributed by atoms with E-state index in [0.717, 1.165) is 12.1 Å². The molecule has 0 saturated carbocycles. The van der Waals surface area contributed by atoms with Gasteiger partial charge in [-0.15, -0.1) is 0 Å². The van der Waals surface area contributed by atoms with Crippen LogP contribution in [0.4, 0.5) is 10.3 Å². The van der Waals surface area contributed by atoms with E-state index in [1.165, 1.54) is 21.3 Å². The Bertz CT molecular complexity index is 1400. The van der Waals surface area contributed by atoms with Gasteiger partial charge in [0, 0.05) is 26.7 Å². The summed E-state index contributed by atoms with van der Waals surface area (Å²) in [5.41, 5.74) is 1.83. The Morgan fingerprint density at radius 2 is 1.66 bits per heavy atom. The molecule has 1 aliphatic rings. The van der Waals surface area contributed by atoms with Crippen molar-refractivity contribution in [3.8, 4) is 0 Å². The molecule has 0 saturated heterocycles. The molecular formula is C24H24FN5O2. The molecule has 0 unspecified atom stereocenters. The first-order valence-corrected chi connectivity index (χ1v) is 10.7. The van der Waals surface area contributed by atoms with Crippen molar-refractivity contribution in [3.05, 3.63) is 92.4 Å². The molecule has 0 bridgehead atoms. The molecule has 5 rings (SSSR count). The van der Waals surface area contributed by atoms with Gasteiger partial charge in [0.1, 0.15) is 5.82 Å². The molecule has 1 aliphatic heterocycles. The normalized spacial score (nSPS) is 15.8. The van der Waals surface area contributed by atoms with Gasteiger partial charge in [-0.05, 0) is 29.2 Å². The molecule has 8 heteroatoms. The third-order valence-electron chi connectivity index (χ3n) is 5.99. The number of benzene rings is 2. The number of halogens is 1. The molecule has 0 radical (unpaired) electrons. The van der Waals surface area contributed by atoms with E-state index in [2.05, 4.69) is 24.0 Å². The van der Waals surface area contributed by atoms with Gasteiger partial charge in [-0.25, -0.2) is 9.18 Å². The van der Waals surface area contributed by atoms with Crippen molar-refractivity contribution < 1.29 is 4.39 Å². The zero-order chi connectivity index (χ0) is 22.4. The second-order valence-electron chi connectivity index (χ2n) is 8.53. The van der Waals surface area contributed by atoms with Gasteiger partial charge in [0.25, 0.3) is 5.56 Å². The number of rotatable bonds is 4. The van der Waals surface area contributed by atoms with Gasteiger partial charge in [-0.1, -0.05) is 49.4 Å². The second kappa shape index (κ2) is 7.78. The second-order valence-corrected chi connectivity index (χ2v) is 8.53. The summed E-state index contributed by atoms with van der Waals surface area (Å²) in [6.45, 7) is 4.36. The van der Waals surface area contributed by atoms with E-state index in [4.69, 9.17) is 4.98 Å². The molecule has 2 aromatic carbocycles. The predicted molar refractivity (Wildman–Crippen MR) is 121 cm³/mol. The topological polar surface area (TPSA) is 65.1 Å². The molecule has 32 heavy (non-hydrogen) atoms. The van der Waals surface area contributed by atoms with Crippen molar-refractivity contribution >= 4 is 17.1 Å². The lowest BCUT2D eigenvalue weighted by molar-refractivity contribution is 0.435. The first-order valence-electron chi connectivity index (χ1n) is 10.7. The van der Waals surface area contributed by atoms with Crippen LogP contribution in [0.1, 0.15) is 18.1 Å². The number of hydrogen-bond acceptors (Lipinski definition) is 4. The van der Waals surface area contributed by atoms with Gasteiger partial charge in [0.2, 0.25) is 5.95 Å². The van der Waals surface area contributed by atoms with Gasteiger partial charge < -0.3 is 9.47 Å². The van der Waals surface area contributed by atoms with Crippen molar-refractivity contribution in [2.45, 2.75) is 26.6 Å². The fourth-order valence-corrected chi connectivity index (χ4v) is 4.45. The highest BCUT2D eigenvalue weighted by atomic mass is 19.1. The smallest absolute Gasteiger partial charge is 0.332 e. The quantitative estimate of drug-likeness (QED) is 0.497. The molecule has 2 aromatic heterocycles. The summed E-state index contributed by atoms with van der Waals surface area (Å²) in [6.07, 6.45) is 0. The number of aromatic nitrogens is 4. The van der Waals surface area contributed by atoms with E-state index < -0.39 is 5.69 Å². The van der Waals surface area contributed by atoms with Crippen molar-refractivity contribution in [2.24, 2.45) is 13.0 Å². The Kier molecular flexibility index (Phi) is 4.92. The summed E-state index contributed by atoms with van der Waals surface area (Å²) in [5, 5.41) is 0. The minimum atomic E-state index is -0.440. The Hall–Kier alpha value is -3.68. The van der Waals surface area contributed by atoms with E-state index in [1.807, 2.05) is 22.8 Å². The first kappa shape index (κ1) is 20.2. The van der Waals surface area contributed by atoms with Crippen molar-refractivity contribution in [1.82, 2.24) is 18.7 Å². The van der Waals surface area contributed by atoms with E-state index in [0.29, 0.717) is 41.7 Å². The van der Waals surface area contributed by atoms with Crippen LogP contribution < -0.4 is 16.1 Å². The minimum Gasteiger partial charge on any atom is -0.338 e. The first-order chi connectivity index (χ1) is 15.4. The van der Waals surface area contributed by atoms with Crippen LogP contribution in [-0.4, -0.2) is 25.2 Å². The van der Waals surface area contributed by atoms with E-state index in [-0.39, 0.29) is 17.9 Å². The lowest BCUT2D eigenvalue weighted by atomic mass is 10.1.